The minimum Gasteiger partial charge on any atom is -0.491 e. The molecule has 4 aromatic rings. The third-order valence-corrected chi connectivity index (χ3v) is 9.80. The van der Waals surface area contributed by atoms with Gasteiger partial charge in [-0.25, -0.2) is 18.6 Å². The van der Waals surface area contributed by atoms with E-state index in [9.17, 15) is 23.5 Å². The molecule has 12 heteroatoms. The molecule has 0 spiro atoms. The number of fused-ring (bicyclic) bond motifs is 2. The molecule has 232 valence electrons. The van der Waals surface area contributed by atoms with Crippen LogP contribution in [0.1, 0.15) is 58.8 Å². The molecule has 0 bridgehead atoms. The number of rotatable bonds is 7. The lowest BCUT2D eigenvalue weighted by Gasteiger charge is -2.35. The number of likely N-dealkylation sites (tertiary alicyclic amines) is 1. The molecule has 4 heterocycles. The molecule has 8 nitrogen and oxygen atoms in total. The molecule has 0 radical (unpaired) electrons. The van der Waals surface area contributed by atoms with E-state index in [1.165, 1.54) is 11.3 Å². The van der Waals surface area contributed by atoms with Crippen molar-refractivity contribution in [2.24, 2.45) is 0 Å². The largest absolute Gasteiger partial charge is 0.491 e. The van der Waals surface area contributed by atoms with Gasteiger partial charge in [0.15, 0.2) is 0 Å². The van der Waals surface area contributed by atoms with E-state index in [1.807, 2.05) is 11.0 Å². The maximum absolute atomic E-state index is 14.4. The lowest BCUT2D eigenvalue weighted by atomic mass is 9.91. The molecule has 1 aromatic carbocycles. The number of aromatic nitrogens is 3. The minimum atomic E-state index is -2.71. The van der Waals surface area contributed by atoms with Gasteiger partial charge >= 0.3 is 5.97 Å². The van der Waals surface area contributed by atoms with Gasteiger partial charge in [0.25, 0.3) is 11.5 Å². The van der Waals surface area contributed by atoms with Gasteiger partial charge in [-0.3, -0.25) is 19.2 Å². The van der Waals surface area contributed by atoms with Crippen LogP contribution in [0.15, 0.2) is 34.4 Å². The summed E-state index contributed by atoms with van der Waals surface area (Å²) in [5, 5.41) is 11.7. The molecule has 1 N–H and O–H groups in total. The maximum Gasteiger partial charge on any atom is 0.338 e. The Hall–Kier alpha value is -3.41. The summed E-state index contributed by atoms with van der Waals surface area (Å²) in [4.78, 5) is 36.5. The quantitative estimate of drug-likeness (QED) is 0.244. The second kappa shape index (κ2) is 12.2. The van der Waals surface area contributed by atoms with Crippen LogP contribution < -0.4 is 10.3 Å². The van der Waals surface area contributed by atoms with Crippen LogP contribution in [0.5, 0.6) is 5.75 Å². The number of alkyl halides is 2. The normalized spacial score (nSPS) is 18.6. The number of ether oxygens (including phenoxy) is 1. The van der Waals surface area contributed by atoms with Crippen LogP contribution in [0.3, 0.4) is 0 Å². The Morgan fingerprint density at radius 2 is 2.02 bits per heavy atom. The molecule has 0 saturated carbocycles. The number of aromatic carboxylic acids is 1. The van der Waals surface area contributed by atoms with E-state index in [1.54, 1.807) is 42.0 Å². The lowest BCUT2D eigenvalue weighted by Crippen LogP contribution is -2.46. The number of benzene rings is 1. The van der Waals surface area contributed by atoms with Gasteiger partial charge in [0.05, 0.1) is 34.6 Å². The molecular weight excluding hydrogens is 610 g/mol. The smallest absolute Gasteiger partial charge is 0.338 e. The summed E-state index contributed by atoms with van der Waals surface area (Å²) in [6.07, 6.45) is 2.88. The zero-order valence-corrected chi connectivity index (χ0v) is 26.1. The molecule has 44 heavy (non-hydrogen) atoms. The van der Waals surface area contributed by atoms with Gasteiger partial charge in [0.1, 0.15) is 18.2 Å². The van der Waals surface area contributed by atoms with Crippen molar-refractivity contribution in [3.8, 4) is 16.9 Å². The number of carboxylic acid groups (broad SMARTS) is 1. The first-order chi connectivity index (χ1) is 21.0. The summed E-state index contributed by atoms with van der Waals surface area (Å²) in [7, 11) is 0. The van der Waals surface area contributed by atoms with E-state index in [2.05, 4.69) is 4.98 Å². The highest BCUT2D eigenvalue weighted by atomic mass is 35.5. The van der Waals surface area contributed by atoms with Gasteiger partial charge in [-0.1, -0.05) is 11.6 Å². The summed E-state index contributed by atoms with van der Waals surface area (Å²) >= 11 is 7.68. The highest BCUT2D eigenvalue weighted by Crippen LogP contribution is 2.40. The van der Waals surface area contributed by atoms with E-state index in [0.717, 1.165) is 17.7 Å². The number of carboxylic acids is 1. The van der Waals surface area contributed by atoms with Crippen LogP contribution in [0, 0.1) is 13.8 Å². The van der Waals surface area contributed by atoms with Gasteiger partial charge < -0.3 is 9.84 Å². The Labute approximate surface area is 262 Å². The summed E-state index contributed by atoms with van der Waals surface area (Å²) in [6, 6.07) is 7.02. The van der Waals surface area contributed by atoms with Crippen molar-refractivity contribution in [2.45, 2.75) is 70.9 Å². The lowest BCUT2D eigenvalue weighted by molar-refractivity contribution is -0.0396. The summed E-state index contributed by atoms with van der Waals surface area (Å²) in [6.45, 7) is 4.36. The number of aryl methyl sites for hydroxylation is 3. The van der Waals surface area contributed by atoms with E-state index >= 15 is 0 Å². The van der Waals surface area contributed by atoms with Crippen LogP contribution in [0.4, 0.5) is 8.78 Å². The van der Waals surface area contributed by atoms with Crippen LogP contribution >= 0.6 is 22.9 Å². The number of pyridine rings is 1. The molecule has 3 aromatic heterocycles. The Morgan fingerprint density at radius 3 is 2.82 bits per heavy atom. The average molecular weight is 643 g/mol. The second-order valence-electron chi connectivity index (χ2n) is 11.7. The molecule has 1 saturated heterocycles. The SMILES string of the molecule is Cc1cc(-c2cc(Cl)ccc2OCCn2c(C)nc3c(c2=O)C[C@H](N2CCCCC(F)(F)C2)CC3)c2scc(C(=O)O)c2n1. The molecule has 1 aliphatic heterocycles. The average Bonchev–Trinajstić information content (AvgIpc) is 3.31. The number of hydrogen-bond acceptors (Lipinski definition) is 7. The molecule has 1 fully saturated rings. The molecule has 1 atom stereocenters. The Balaban J connectivity index is 1.24. The topological polar surface area (TPSA) is 97.6 Å². The molecule has 6 rings (SSSR count). The number of hydrogen-bond donors (Lipinski definition) is 1. The van der Waals surface area contributed by atoms with Crippen molar-refractivity contribution in [1.29, 1.82) is 0 Å². The number of thiophene rings is 1. The first kappa shape index (κ1) is 30.6. The van der Waals surface area contributed by atoms with Crippen molar-refractivity contribution < 1.29 is 23.4 Å². The Morgan fingerprint density at radius 1 is 1.20 bits per heavy atom. The van der Waals surface area contributed by atoms with Crippen molar-refractivity contribution in [1.82, 2.24) is 19.4 Å². The number of halogens is 3. The van der Waals surface area contributed by atoms with E-state index < -0.39 is 11.9 Å². The van der Waals surface area contributed by atoms with Crippen molar-refractivity contribution in [3.05, 3.63) is 73.4 Å². The second-order valence-corrected chi connectivity index (χ2v) is 13.0. The van der Waals surface area contributed by atoms with E-state index in [0.29, 0.717) is 75.9 Å². The van der Waals surface area contributed by atoms with Crippen LogP contribution in [-0.4, -0.2) is 62.2 Å². The third-order valence-electron chi connectivity index (χ3n) is 8.57. The van der Waals surface area contributed by atoms with Gasteiger partial charge in [0, 0.05) is 45.2 Å². The summed E-state index contributed by atoms with van der Waals surface area (Å²) in [5.74, 6) is -2.63. The fourth-order valence-corrected chi connectivity index (χ4v) is 7.61. The molecule has 2 aliphatic rings. The van der Waals surface area contributed by atoms with Gasteiger partial charge in [-0.15, -0.1) is 11.3 Å². The van der Waals surface area contributed by atoms with Crippen molar-refractivity contribution in [3.63, 3.8) is 0 Å². The number of nitrogens with zero attached hydrogens (tertiary/aromatic N) is 4. The molecule has 0 amide bonds. The number of carbonyl (C=O) groups is 1. The van der Waals surface area contributed by atoms with Crippen LogP contribution in [0.2, 0.25) is 5.02 Å². The fourth-order valence-electron chi connectivity index (χ4n) is 6.42. The summed E-state index contributed by atoms with van der Waals surface area (Å²) < 4.78 is 37.3. The molecular formula is C32H33ClF2N4O4S. The van der Waals surface area contributed by atoms with Gasteiger partial charge in [0.2, 0.25) is 0 Å². The van der Waals surface area contributed by atoms with Crippen molar-refractivity contribution in [2.75, 3.05) is 19.7 Å². The standard InChI is InChI=1S/C32H33ClF2N4O4S/c1-18-13-23(29-28(36-18)25(16-44-29)31(41)42)22-14-20(33)5-8-27(22)43-12-11-39-19(2)37-26-7-6-21(15-24(26)30(39)40)38-10-4-3-9-32(34,35)17-38/h5,8,13-14,16,21H,3-4,6-7,9-12,15,17H2,1-2H3,(H,41,42)/t21-/m1/s1. The monoisotopic (exact) mass is 642 g/mol. The Kier molecular flexibility index (Phi) is 8.47. The zero-order valence-electron chi connectivity index (χ0n) is 24.5. The molecule has 0 unspecified atom stereocenters. The maximum atomic E-state index is 14.4. The summed E-state index contributed by atoms with van der Waals surface area (Å²) in [5.41, 5.74) is 3.88. The first-order valence-electron chi connectivity index (χ1n) is 14.8. The first-order valence-corrected chi connectivity index (χ1v) is 16.0. The Bertz CT molecular complexity index is 1810. The zero-order chi connectivity index (χ0) is 31.2. The minimum absolute atomic E-state index is 0.0853. The van der Waals surface area contributed by atoms with Gasteiger partial charge in [-0.05, 0) is 76.8 Å². The predicted octanol–water partition coefficient (Wildman–Crippen LogP) is 6.55. The van der Waals surface area contributed by atoms with Crippen molar-refractivity contribution >= 4 is 39.1 Å². The predicted molar refractivity (Wildman–Crippen MR) is 167 cm³/mol. The van der Waals surface area contributed by atoms with Gasteiger partial charge in [-0.2, -0.15) is 0 Å². The fraction of sp³-hybridized carbons (Fsp3) is 0.438. The van der Waals surface area contributed by atoms with E-state index in [4.69, 9.17) is 21.3 Å². The highest BCUT2D eigenvalue weighted by molar-refractivity contribution is 7.18. The van der Waals surface area contributed by atoms with E-state index in [-0.39, 0.29) is 43.3 Å². The molecule has 1 aliphatic carbocycles. The van der Waals surface area contributed by atoms with Crippen LogP contribution in [0.25, 0.3) is 21.3 Å². The highest BCUT2D eigenvalue weighted by Gasteiger charge is 2.37. The third kappa shape index (κ3) is 6.09. The van der Waals surface area contributed by atoms with Crippen LogP contribution in [-0.2, 0) is 19.4 Å².